The maximum Gasteiger partial charge on any atom is 0.251 e. The average Bonchev–Trinajstić information content (AvgIpc) is 2.94. The molecule has 41 heavy (non-hydrogen) atoms. The van der Waals surface area contributed by atoms with Gasteiger partial charge >= 0.3 is 0 Å². The summed E-state index contributed by atoms with van der Waals surface area (Å²) in [5.74, 6) is -1.99. The van der Waals surface area contributed by atoms with Crippen LogP contribution in [0.2, 0.25) is 0 Å². The van der Waals surface area contributed by atoms with Crippen LogP contribution in [0.15, 0.2) is 101 Å². The number of aryl methyl sites for hydroxylation is 1. The standard InChI is InChI=1S/C31H26F2N4O3S/c1-19-12-30(39)37(28-10-3-2-8-25(19)28)18-29(38)36-27(15-20-13-22(32)17-23(33)14-20)31-26(9-5-11-35-31)21-6-4-7-24(16-21)41(34)40/h2-14,16-17,27H,15,18,34H2,1H3,(H,36,38). The summed E-state index contributed by atoms with van der Waals surface area (Å²) in [7, 11) is -1.72. The van der Waals surface area contributed by atoms with Crippen molar-refractivity contribution < 1.29 is 17.8 Å². The van der Waals surface area contributed by atoms with E-state index < -0.39 is 34.6 Å². The molecule has 0 aliphatic rings. The van der Waals surface area contributed by atoms with Crippen LogP contribution in [0.5, 0.6) is 0 Å². The van der Waals surface area contributed by atoms with Crippen molar-refractivity contribution in [2.24, 2.45) is 5.14 Å². The summed E-state index contributed by atoms with van der Waals surface area (Å²) in [4.78, 5) is 31.3. The predicted octanol–water partition coefficient (Wildman–Crippen LogP) is 4.73. The van der Waals surface area contributed by atoms with Crippen LogP contribution in [-0.4, -0.2) is 19.7 Å². The highest BCUT2D eigenvalue weighted by Crippen LogP contribution is 2.30. The third kappa shape index (κ3) is 6.29. The number of aromatic nitrogens is 2. The smallest absolute Gasteiger partial charge is 0.251 e. The molecule has 0 fully saturated rings. The first-order valence-corrected chi connectivity index (χ1v) is 14.0. The van der Waals surface area contributed by atoms with Crippen LogP contribution in [0, 0.1) is 18.6 Å². The SMILES string of the molecule is Cc1cc(=O)n(CC(=O)NC(Cc2cc(F)cc(F)c2)c2ncccc2-c2cccc(S(N)=O)c2)c2ccccc12. The number of nitrogens with zero attached hydrogens (tertiary/aromatic N) is 2. The first kappa shape index (κ1) is 28.0. The highest BCUT2D eigenvalue weighted by molar-refractivity contribution is 7.82. The van der Waals surface area contributed by atoms with Gasteiger partial charge in [0.1, 0.15) is 29.2 Å². The number of carbonyl (C=O) groups is 1. The maximum absolute atomic E-state index is 14.1. The first-order valence-electron chi connectivity index (χ1n) is 12.7. The summed E-state index contributed by atoms with van der Waals surface area (Å²) in [5.41, 5.74) is 3.07. The van der Waals surface area contributed by atoms with Crippen LogP contribution in [0.1, 0.15) is 22.9 Å². The highest BCUT2D eigenvalue weighted by atomic mass is 32.2. The van der Waals surface area contributed by atoms with Crippen LogP contribution in [0.4, 0.5) is 8.78 Å². The maximum atomic E-state index is 14.1. The van der Waals surface area contributed by atoms with Gasteiger partial charge in [0.25, 0.3) is 5.56 Å². The van der Waals surface area contributed by atoms with Gasteiger partial charge in [-0.1, -0.05) is 36.4 Å². The topological polar surface area (TPSA) is 107 Å². The van der Waals surface area contributed by atoms with E-state index in [2.05, 4.69) is 10.3 Å². The third-order valence-corrected chi connectivity index (χ3v) is 7.49. The van der Waals surface area contributed by atoms with Crippen LogP contribution < -0.4 is 16.0 Å². The summed E-state index contributed by atoms with van der Waals surface area (Å²) in [6, 6.07) is 21.4. The molecule has 3 aromatic carbocycles. The van der Waals surface area contributed by atoms with Gasteiger partial charge in [0.05, 0.1) is 22.1 Å². The molecule has 208 valence electrons. The lowest BCUT2D eigenvalue weighted by atomic mass is 9.95. The number of halogens is 2. The van der Waals surface area contributed by atoms with Gasteiger partial charge in [0.15, 0.2) is 0 Å². The molecule has 2 heterocycles. The largest absolute Gasteiger partial charge is 0.346 e. The number of para-hydroxylation sites is 1. The van der Waals surface area contributed by atoms with E-state index in [0.29, 0.717) is 32.8 Å². The van der Waals surface area contributed by atoms with Gasteiger partial charge in [-0.2, -0.15) is 0 Å². The second-order valence-electron chi connectivity index (χ2n) is 9.63. The van der Waals surface area contributed by atoms with E-state index >= 15 is 0 Å². The molecule has 10 heteroatoms. The van der Waals surface area contributed by atoms with E-state index in [1.54, 1.807) is 54.7 Å². The third-order valence-electron chi connectivity index (χ3n) is 6.77. The fourth-order valence-corrected chi connectivity index (χ4v) is 5.41. The zero-order valence-corrected chi connectivity index (χ0v) is 22.8. The summed E-state index contributed by atoms with van der Waals surface area (Å²) < 4.78 is 41.5. The predicted molar refractivity (Wildman–Crippen MR) is 154 cm³/mol. The molecular weight excluding hydrogens is 546 g/mol. The Balaban J connectivity index is 1.55. The Bertz CT molecular complexity index is 1840. The minimum atomic E-state index is -1.72. The zero-order valence-electron chi connectivity index (χ0n) is 22.0. The van der Waals surface area contributed by atoms with Crippen molar-refractivity contribution in [2.45, 2.75) is 30.8 Å². The Kier molecular flexibility index (Phi) is 8.14. The Morgan fingerprint density at radius 3 is 2.51 bits per heavy atom. The second kappa shape index (κ2) is 11.9. The minimum absolute atomic E-state index is 0.0104. The molecule has 5 aromatic rings. The fraction of sp³-hybridized carbons (Fsp3) is 0.129. The van der Waals surface area contributed by atoms with Gasteiger partial charge in [0, 0.05) is 29.3 Å². The van der Waals surface area contributed by atoms with Crippen molar-refractivity contribution >= 4 is 27.8 Å². The molecule has 0 aliphatic heterocycles. The Hall–Kier alpha value is -4.54. The first-order chi connectivity index (χ1) is 19.7. The molecule has 2 aromatic heterocycles. The number of nitrogens with two attached hydrogens (primary N) is 1. The van der Waals surface area contributed by atoms with Crippen LogP contribution in [0.25, 0.3) is 22.0 Å². The minimum Gasteiger partial charge on any atom is -0.346 e. The Labute approximate surface area is 237 Å². The quantitative estimate of drug-likeness (QED) is 0.280. The van der Waals surface area contributed by atoms with E-state index in [0.717, 1.165) is 17.0 Å². The number of carbonyl (C=O) groups excluding carboxylic acids is 1. The molecule has 7 nitrogen and oxygen atoms in total. The Morgan fingerprint density at radius 2 is 1.76 bits per heavy atom. The molecule has 0 bridgehead atoms. The molecule has 0 saturated heterocycles. The molecule has 5 rings (SSSR count). The van der Waals surface area contributed by atoms with E-state index in [1.165, 1.54) is 22.8 Å². The number of rotatable bonds is 8. The van der Waals surface area contributed by atoms with Crippen molar-refractivity contribution in [1.82, 2.24) is 14.9 Å². The number of fused-ring (bicyclic) bond motifs is 1. The van der Waals surface area contributed by atoms with Crippen molar-refractivity contribution in [2.75, 3.05) is 0 Å². The van der Waals surface area contributed by atoms with Gasteiger partial charge in [-0.15, -0.1) is 0 Å². The van der Waals surface area contributed by atoms with E-state index in [1.807, 2.05) is 19.1 Å². The van der Waals surface area contributed by atoms with Crippen molar-refractivity contribution in [3.8, 4) is 11.1 Å². The van der Waals surface area contributed by atoms with E-state index in [9.17, 15) is 22.6 Å². The molecule has 0 saturated carbocycles. The van der Waals surface area contributed by atoms with Crippen molar-refractivity contribution in [3.05, 3.63) is 130 Å². The van der Waals surface area contributed by atoms with Crippen LogP contribution >= 0.6 is 0 Å². The lowest BCUT2D eigenvalue weighted by molar-refractivity contribution is -0.122. The average molecular weight is 573 g/mol. The van der Waals surface area contributed by atoms with Crippen LogP contribution in [-0.2, 0) is 28.7 Å². The molecular formula is C31H26F2N4O3S. The monoisotopic (exact) mass is 572 g/mol. The normalized spacial score (nSPS) is 12.7. The lowest BCUT2D eigenvalue weighted by Crippen LogP contribution is -2.36. The van der Waals surface area contributed by atoms with E-state index in [4.69, 9.17) is 5.14 Å². The number of hydrogen-bond acceptors (Lipinski definition) is 4. The molecule has 0 spiro atoms. The summed E-state index contributed by atoms with van der Waals surface area (Å²) in [6.45, 7) is 1.55. The van der Waals surface area contributed by atoms with Crippen LogP contribution in [0.3, 0.4) is 0 Å². The van der Waals surface area contributed by atoms with Gasteiger partial charge in [-0.25, -0.2) is 18.1 Å². The van der Waals surface area contributed by atoms with Gasteiger partial charge in [-0.05, 0) is 66.4 Å². The molecule has 0 radical (unpaired) electrons. The number of nitrogens with one attached hydrogen (secondary N) is 1. The fourth-order valence-electron chi connectivity index (χ4n) is 4.96. The van der Waals surface area contributed by atoms with Crippen molar-refractivity contribution in [1.29, 1.82) is 0 Å². The summed E-state index contributed by atoms with van der Waals surface area (Å²) >= 11 is 0. The number of hydrogen-bond donors (Lipinski definition) is 2. The number of amides is 1. The second-order valence-corrected chi connectivity index (χ2v) is 10.7. The summed E-state index contributed by atoms with van der Waals surface area (Å²) in [6.07, 6.45) is 1.56. The van der Waals surface area contributed by atoms with E-state index in [-0.39, 0.29) is 18.5 Å². The highest BCUT2D eigenvalue weighted by Gasteiger charge is 2.22. The Morgan fingerprint density at radius 1 is 1.00 bits per heavy atom. The zero-order chi connectivity index (χ0) is 29.1. The van der Waals surface area contributed by atoms with Gasteiger partial charge in [-0.3, -0.25) is 19.1 Å². The van der Waals surface area contributed by atoms with Gasteiger partial charge < -0.3 is 5.32 Å². The molecule has 1 amide bonds. The lowest BCUT2D eigenvalue weighted by Gasteiger charge is -2.22. The van der Waals surface area contributed by atoms with Crippen molar-refractivity contribution in [3.63, 3.8) is 0 Å². The van der Waals surface area contributed by atoms with Gasteiger partial charge in [0.2, 0.25) is 5.91 Å². The molecule has 0 aliphatic carbocycles. The molecule has 2 atom stereocenters. The number of pyridine rings is 2. The number of benzene rings is 3. The molecule has 3 N–H and O–H groups in total. The summed E-state index contributed by atoms with van der Waals surface area (Å²) in [5, 5.41) is 9.37. The molecule has 2 unspecified atom stereocenters.